The Morgan fingerprint density at radius 2 is 1.84 bits per heavy atom. The molecule has 0 unspecified atom stereocenters. The quantitative estimate of drug-likeness (QED) is 0.883. The van der Waals surface area contributed by atoms with E-state index in [0.29, 0.717) is 34.8 Å². The normalized spacial score (nSPS) is 14.6. The van der Waals surface area contributed by atoms with Crippen LogP contribution in [0.1, 0.15) is 12.6 Å². The van der Waals surface area contributed by atoms with E-state index in [1.54, 1.807) is 25.1 Å². The summed E-state index contributed by atoms with van der Waals surface area (Å²) in [6.07, 6.45) is 0. The molecule has 1 amide bonds. The van der Waals surface area contributed by atoms with Gasteiger partial charge in [-0.3, -0.25) is 4.79 Å². The number of rotatable bonds is 3. The van der Waals surface area contributed by atoms with Gasteiger partial charge in [-0.05, 0) is 25.1 Å². The molecule has 0 aliphatic carbocycles. The van der Waals surface area contributed by atoms with E-state index in [-0.39, 0.29) is 5.91 Å². The summed E-state index contributed by atoms with van der Waals surface area (Å²) in [4.78, 5) is 24.5. The van der Waals surface area contributed by atoms with E-state index in [9.17, 15) is 4.79 Å². The minimum absolute atomic E-state index is 0.109. The lowest BCUT2D eigenvalue weighted by molar-refractivity contribution is -0.129. The molecule has 2 aromatic rings. The maximum atomic E-state index is 11.5. The second kappa shape index (κ2) is 7.45. The van der Waals surface area contributed by atoms with E-state index in [0.717, 1.165) is 24.6 Å². The minimum atomic E-state index is 0.109. The summed E-state index contributed by atoms with van der Waals surface area (Å²) in [6, 6.07) is 7.16. The van der Waals surface area contributed by atoms with Gasteiger partial charge in [-0.2, -0.15) is 4.98 Å². The maximum absolute atomic E-state index is 11.5. The van der Waals surface area contributed by atoms with Gasteiger partial charge in [0.2, 0.25) is 11.9 Å². The first-order valence-corrected chi connectivity index (χ1v) is 8.76. The molecule has 0 saturated carbocycles. The van der Waals surface area contributed by atoms with E-state index in [1.807, 2.05) is 17.9 Å². The van der Waals surface area contributed by atoms with Crippen molar-refractivity contribution in [2.45, 2.75) is 13.8 Å². The van der Waals surface area contributed by atoms with Crippen LogP contribution >= 0.6 is 23.2 Å². The highest BCUT2D eigenvalue weighted by Gasteiger charge is 2.20. The maximum Gasteiger partial charge on any atom is 0.229 e. The van der Waals surface area contributed by atoms with Crippen molar-refractivity contribution in [3.05, 3.63) is 40.0 Å². The molecule has 1 N–H and O–H groups in total. The van der Waals surface area contributed by atoms with Crippen molar-refractivity contribution in [1.29, 1.82) is 0 Å². The van der Waals surface area contributed by atoms with Gasteiger partial charge in [0.15, 0.2) is 0 Å². The van der Waals surface area contributed by atoms with Gasteiger partial charge in [0, 0.05) is 49.9 Å². The molecular weight excluding hydrogens is 361 g/mol. The third kappa shape index (κ3) is 4.32. The molecule has 132 valence electrons. The SMILES string of the molecule is CC(=O)N1CCN(c2cc(C)nc(Nc3ccc(Cl)cc3Cl)n2)CC1. The number of piperazine rings is 1. The molecule has 1 aliphatic rings. The van der Waals surface area contributed by atoms with E-state index >= 15 is 0 Å². The van der Waals surface area contributed by atoms with Crippen molar-refractivity contribution in [2.75, 3.05) is 36.4 Å². The summed E-state index contributed by atoms with van der Waals surface area (Å²) in [6.45, 7) is 6.41. The van der Waals surface area contributed by atoms with Gasteiger partial charge in [0.05, 0.1) is 10.7 Å². The lowest BCUT2D eigenvalue weighted by Crippen LogP contribution is -2.48. The molecule has 0 bridgehead atoms. The monoisotopic (exact) mass is 379 g/mol. The summed E-state index contributed by atoms with van der Waals surface area (Å²) in [7, 11) is 0. The zero-order valence-electron chi connectivity index (χ0n) is 14.1. The molecule has 0 atom stereocenters. The molecule has 0 radical (unpaired) electrons. The van der Waals surface area contributed by atoms with Crippen LogP contribution in [0.2, 0.25) is 10.0 Å². The zero-order valence-corrected chi connectivity index (χ0v) is 15.6. The molecule has 0 spiro atoms. The van der Waals surface area contributed by atoms with Crippen LogP contribution < -0.4 is 10.2 Å². The lowest BCUT2D eigenvalue weighted by atomic mass is 10.3. The number of carbonyl (C=O) groups is 1. The Kier molecular flexibility index (Phi) is 5.30. The molecule has 1 saturated heterocycles. The third-order valence-corrected chi connectivity index (χ3v) is 4.62. The second-order valence-corrected chi connectivity index (χ2v) is 6.78. The number of carbonyl (C=O) groups excluding carboxylic acids is 1. The average molecular weight is 380 g/mol. The molecule has 6 nitrogen and oxygen atoms in total. The highest BCUT2D eigenvalue weighted by molar-refractivity contribution is 6.36. The van der Waals surface area contributed by atoms with Crippen molar-refractivity contribution in [3.8, 4) is 0 Å². The summed E-state index contributed by atoms with van der Waals surface area (Å²) >= 11 is 12.1. The Labute approximate surface area is 156 Å². The minimum Gasteiger partial charge on any atom is -0.353 e. The number of hydrogen-bond donors (Lipinski definition) is 1. The second-order valence-electron chi connectivity index (χ2n) is 5.93. The van der Waals surface area contributed by atoms with Crippen molar-refractivity contribution < 1.29 is 4.79 Å². The van der Waals surface area contributed by atoms with Crippen LogP contribution in [0.4, 0.5) is 17.5 Å². The van der Waals surface area contributed by atoms with Crippen molar-refractivity contribution >= 4 is 46.6 Å². The number of aryl methyl sites for hydroxylation is 1. The number of nitrogens with zero attached hydrogens (tertiary/aromatic N) is 4. The van der Waals surface area contributed by atoms with Crippen LogP contribution in [0.15, 0.2) is 24.3 Å². The number of aromatic nitrogens is 2. The molecule has 8 heteroatoms. The smallest absolute Gasteiger partial charge is 0.229 e. The van der Waals surface area contributed by atoms with Gasteiger partial charge < -0.3 is 15.1 Å². The first-order valence-electron chi connectivity index (χ1n) is 8.00. The van der Waals surface area contributed by atoms with E-state index in [4.69, 9.17) is 23.2 Å². The standard InChI is InChI=1S/C17H19Cl2N5O/c1-11-9-16(24-7-5-23(6-8-24)12(2)25)22-17(20-11)21-15-4-3-13(18)10-14(15)19/h3-4,9-10H,5-8H2,1-2H3,(H,20,21,22). The van der Waals surface area contributed by atoms with Crippen molar-refractivity contribution in [3.63, 3.8) is 0 Å². The number of nitrogens with one attached hydrogen (secondary N) is 1. The highest BCUT2D eigenvalue weighted by Crippen LogP contribution is 2.28. The largest absolute Gasteiger partial charge is 0.353 e. The average Bonchev–Trinajstić information content (AvgIpc) is 2.57. The Bertz CT molecular complexity index is 791. The van der Waals surface area contributed by atoms with Crippen LogP contribution in [-0.2, 0) is 4.79 Å². The molecule has 1 aromatic carbocycles. The lowest BCUT2D eigenvalue weighted by Gasteiger charge is -2.35. The van der Waals surface area contributed by atoms with Gasteiger partial charge in [-0.1, -0.05) is 23.2 Å². The predicted octanol–water partition coefficient (Wildman–Crippen LogP) is 3.50. The Balaban J connectivity index is 1.78. The van der Waals surface area contributed by atoms with E-state index < -0.39 is 0 Å². The van der Waals surface area contributed by atoms with Gasteiger partial charge in [-0.25, -0.2) is 4.98 Å². The van der Waals surface area contributed by atoms with Crippen LogP contribution in [0.25, 0.3) is 0 Å². The summed E-state index contributed by atoms with van der Waals surface area (Å²) < 4.78 is 0. The Hall–Kier alpha value is -2.05. The van der Waals surface area contributed by atoms with Gasteiger partial charge >= 0.3 is 0 Å². The Morgan fingerprint density at radius 3 is 2.48 bits per heavy atom. The molecular formula is C17H19Cl2N5O. The molecule has 25 heavy (non-hydrogen) atoms. The number of halogens is 2. The number of amides is 1. The third-order valence-electron chi connectivity index (χ3n) is 4.07. The van der Waals surface area contributed by atoms with Gasteiger partial charge in [0.1, 0.15) is 5.82 Å². The summed E-state index contributed by atoms with van der Waals surface area (Å²) in [5.41, 5.74) is 1.55. The van der Waals surface area contributed by atoms with E-state index in [1.165, 1.54) is 0 Å². The van der Waals surface area contributed by atoms with Crippen LogP contribution in [0.5, 0.6) is 0 Å². The molecule has 1 aliphatic heterocycles. The summed E-state index contributed by atoms with van der Waals surface area (Å²) in [5, 5.41) is 4.23. The van der Waals surface area contributed by atoms with Gasteiger partial charge in [0.25, 0.3) is 0 Å². The fraction of sp³-hybridized carbons (Fsp3) is 0.353. The number of anilines is 3. The van der Waals surface area contributed by atoms with Crippen LogP contribution in [0, 0.1) is 6.92 Å². The van der Waals surface area contributed by atoms with E-state index in [2.05, 4.69) is 20.2 Å². The fourth-order valence-corrected chi connectivity index (χ4v) is 3.19. The van der Waals surface area contributed by atoms with Crippen LogP contribution in [-0.4, -0.2) is 47.0 Å². The zero-order chi connectivity index (χ0) is 18.0. The highest BCUT2D eigenvalue weighted by atomic mass is 35.5. The number of hydrogen-bond acceptors (Lipinski definition) is 5. The predicted molar refractivity (Wildman–Crippen MR) is 101 cm³/mol. The molecule has 2 heterocycles. The first-order chi connectivity index (χ1) is 11.9. The molecule has 1 fully saturated rings. The van der Waals surface area contributed by atoms with Gasteiger partial charge in [-0.15, -0.1) is 0 Å². The van der Waals surface area contributed by atoms with Crippen molar-refractivity contribution in [1.82, 2.24) is 14.9 Å². The van der Waals surface area contributed by atoms with Crippen molar-refractivity contribution in [2.24, 2.45) is 0 Å². The Morgan fingerprint density at radius 1 is 1.12 bits per heavy atom. The first kappa shape index (κ1) is 17.8. The molecule has 1 aromatic heterocycles. The topological polar surface area (TPSA) is 61.4 Å². The fourth-order valence-electron chi connectivity index (χ4n) is 2.73. The summed E-state index contributed by atoms with van der Waals surface area (Å²) in [5.74, 6) is 1.43. The van der Waals surface area contributed by atoms with Crippen LogP contribution in [0.3, 0.4) is 0 Å². The molecule has 3 rings (SSSR count). The number of benzene rings is 1.